The molecule has 0 aliphatic carbocycles. The summed E-state index contributed by atoms with van der Waals surface area (Å²) in [6.07, 6.45) is 1.13. The second-order valence-electron chi connectivity index (χ2n) is 3.54. The van der Waals surface area contributed by atoms with Crippen LogP contribution in [0.1, 0.15) is 26.2 Å². The number of unbranched alkanes of at least 4 members (excludes halogenated alkanes) is 1. The van der Waals surface area contributed by atoms with Crippen molar-refractivity contribution >= 4 is 11.9 Å². The molecule has 6 nitrogen and oxygen atoms in total. The standard InChI is InChI=1S/C10H20N2O4/c1-3-4-5-7(10(15)16-2)12-6-8(13)9(11)14/h7-8,12-13H,3-6H2,1-2H3,(H2,11,14). The highest BCUT2D eigenvalue weighted by atomic mass is 16.5. The monoisotopic (exact) mass is 232 g/mol. The van der Waals surface area contributed by atoms with Crippen LogP contribution in [-0.4, -0.2) is 42.8 Å². The van der Waals surface area contributed by atoms with Gasteiger partial charge in [-0.25, -0.2) is 0 Å². The highest BCUT2D eigenvalue weighted by Gasteiger charge is 2.20. The van der Waals surface area contributed by atoms with Gasteiger partial charge in [-0.2, -0.15) is 0 Å². The van der Waals surface area contributed by atoms with Crippen molar-refractivity contribution in [1.82, 2.24) is 5.32 Å². The number of methoxy groups -OCH3 is 1. The number of aliphatic hydroxyl groups excluding tert-OH is 1. The summed E-state index contributed by atoms with van der Waals surface area (Å²) < 4.78 is 4.60. The average molecular weight is 232 g/mol. The first-order chi connectivity index (χ1) is 7.52. The number of rotatable bonds is 8. The Morgan fingerprint density at radius 2 is 2.12 bits per heavy atom. The van der Waals surface area contributed by atoms with E-state index in [0.717, 1.165) is 12.8 Å². The van der Waals surface area contributed by atoms with Crippen LogP contribution in [0.5, 0.6) is 0 Å². The van der Waals surface area contributed by atoms with Crippen molar-refractivity contribution in [3.05, 3.63) is 0 Å². The van der Waals surface area contributed by atoms with Crippen molar-refractivity contribution < 1.29 is 19.4 Å². The Hall–Kier alpha value is -1.14. The second kappa shape index (κ2) is 8.06. The lowest BCUT2D eigenvalue weighted by molar-refractivity contribution is -0.143. The molecule has 0 saturated heterocycles. The zero-order chi connectivity index (χ0) is 12.6. The van der Waals surface area contributed by atoms with Gasteiger partial charge in [0.1, 0.15) is 12.1 Å². The zero-order valence-electron chi connectivity index (χ0n) is 9.73. The largest absolute Gasteiger partial charge is 0.468 e. The summed E-state index contributed by atoms with van der Waals surface area (Å²) in [7, 11) is 1.30. The number of ether oxygens (including phenoxy) is 1. The van der Waals surface area contributed by atoms with E-state index in [1.807, 2.05) is 6.92 Å². The normalized spacial score (nSPS) is 14.2. The summed E-state index contributed by atoms with van der Waals surface area (Å²) in [4.78, 5) is 21.9. The third-order valence-electron chi connectivity index (χ3n) is 2.22. The fraction of sp³-hybridized carbons (Fsp3) is 0.800. The van der Waals surface area contributed by atoms with E-state index < -0.39 is 24.0 Å². The van der Waals surface area contributed by atoms with Crippen LogP contribution in [-0.2, 0) is 14.3 Å². The number of esters is 1. The van der Waals surface area contributed by atoms with Gasteiger partial charge in [-0.15, -0.1) is 0 Å². The van der Waals surface area contributed by atoms with Crippen LogP contribution in [0.15, 0.2) is 0 Å². The molecule has 0 aromatic rings. The third-order valence-corrected chi connectivity index (χ3v) is 2.22. The number of amides is 1. The van der Waals surface area contributed by atoms with Gasteiger partial charge < -0.3 is 20.9 Å². The molecule has 0 fully saturated rings. The molecule has 2 unspecified atom stereocenters. The van der Waals surface area contributed by atoms with Crippen LogP contribution in [0, 0.1) is 0 Å². The van der Waals surface area contributed by atoms with E-state index in [-0.39, 0.29) is 6.54 Å². The van der Waals surface area contributed by atoms with E-state index in [9.17, 15) is 9.59 Å². The summed E-state index contributed by atoms with van der Waals surface area (Å²) >= 11 is 0. The van der Waals surface area contributed by atoms with Crippen LogP contribution < -0.4 is 11.1 Å². The molecule has 4 N–H and O–H groups in total. The third kappa shape index (κ3) is 5.67. The zero-order valence-corrected chi connectivity index (χ0v) is 9.73. The van der Waals surface area contributed by atoms with Gasteiger partial charge in [-0.1, -0.05) is 19.8 Å². The molecule has 94 valence electrons. The van der Waals surface area contributed by atoms with Crippen molar-refractivity contribution in [2.24, 2.45) is 5.73 Å². The predicted octanol–water partition coefficient (Wildman–Crippen LogP) is -0.846. The molecule has 0 aliphatic rings. The minimum Gasteiger partial charge on any atom is -0.468 e. The molecule has 0 aliphatic heterocycles. The van der Waals surface area contributed by atoms with Gasteiger partial charge in [-0.3, -0.25) is 9.59 Å². The van der Waals surface area contributed by atoms with Crippen molar-refractivity contribution in [3.8, 4) is 0 Å². The Morgan fingerprint density at radius 1 is 1.50 bits per heavy atom. The van der Waals surface area contributed by atoms with Gasteiger partial charge in [0.15, 0.2) is 0 Å². The molecule has 16 heavy (non-hydrogen) atoms. The van der Waals surface area contributed by atoms with Crippen molar-refractivity contribution in [3.63, 3.8) is 0 Å². The van der Waals surface area contributed by atoms with Crippen LogP contribution in [0.3, 0.4) is 0 Å². The molecule has 0 heterocycles. The Labute approximate surface area is 95.1 Å². The van der Waals surface area contributed by atoms with Gasteiger partial charge in [0.25, 0.3) is 0 Å². The molecule has 0 aromatic heterocycles. The summed E-state index contributed by atoms with van der Waals surface area (Å²) in [5, 5.41) is 11.9. The number of hydrogen-bond acceptors (Lipinski definition) is 5. The van der Waals surface area contributed by atoms with Crippen LogP contribution >= 0.6 is 0 Å². The van der Waals surface area contributed by atoms with Crippen molar-refractivity contribution in [1.29, 1.82) is 0 Å². The van der Waals surface area contributed by atoms with E-state index in [1.165, 1.54) is 7.11 Å². The second-order valence-corrected chi connectivity index (χ2v) is 3.54. The molecule has 0 bridgehead atoms. The van der Waals surface area contributed by atoms with Gasteiger partial charge in [0.2, 0.25) is 5.91 Å². The number of carbonyl (C=O) groups excluding carboxylic acids is 2. The summed E-state index contributed by atoms with van der Waals surface area (Å²) in [6.45, 7) is 1.96. The molecule has 0 saturated carbocycles. The van der Waals surface area contributed by atoms with Crippen LogP contribution in [0.25, 0.3) is 0 Å². The van der Waals surface area contributed by atoms with Gasteiger partial charge >= 0.3 is 5.97 Å². The maximum absolute atomic E-state index is 11.3. The van der Waals surface area contributed by atoms with Gasteiger partial charge in [0, 0.05) is 6.54 Å². The smallest absolute Gasteiger partial charge is 0.322 e. The topological polar surface area (TPSA) is 102 Å². The van der Waals surface area contributed by atoms with Gasteiger partial charge in [-0.05, 0) is 6.42 Å². The molecule has 0 aromatic carbocycles. The number of nitrogens with two attached hydrogens (primary N) is 1. The van der Waals surface area contributed by atoms with Crippen molar-refractivity contribution in [2.75, 3.05) is 13.7 Å². The predicted molar refractivity (Wildman–Crippen MR) is 58.5 cm³/mol. The lowest BCUT2D eigenvalue weighted by atomic mass is 10.1. The van der Waals surface area contributed by atoms with E-state index in [2.05, 4.69) is 10.1 Å². The number of nitrogens with one attached hydrogen (secondary N) is 1. The summed E-state index contributed by atoms with van der Waals surface area (Å²) in [5.74, 6) is -1.21. The Bertz CT molecular complexity index is 233. The highest BCUT2D eigenvalue weighted by molar-refractivity contribution is 5.79. The lowest BCUT2D eigenvalue weighted by Crippen LogP contribution is -2.45. The minimum absolute atomic E-state index is 0.0428. The molecular weight excluding hydrogens is 212 g/mol. The van der Waals surface area contributed by atoms with Gasteiger partial charge in [0.05, 0.1) is 7.11 Å². The van der Waals surface area contributed by atoms with Crippen LogP contribution in [0.4, 0.5) is 0 Å². The Kier molecular flexibility index (Phi) is 7.49. The average Bonchev–Trinajstić information content (AvgIpc) is 2.27. The number of primary amides is 1. The maximum atomic E-state index is 11.3. The highest BCUT2D eigenvalue weighted by Crippen LogP contribution is 2.02. The SMILES string of the molecule is CCCCC(NCC(O)C(N)=O)C(=O)OC. The van der Waals surface area contributed by atoms with E-state index in [1.54, 1.807) is 0 Å². The molecule has 0 rings (SSSR count). The van der Waals surface area contributed by atoms with Crippen LogP contribution in [0.2, 0.25) is 0 Å². The Morgan fingerprint density at radius 3 is 2.56 bits per heavy atom. The fourth-order valence-electron chi connectivity index (χ4n) is 1.21. The molecule has 0 spiro atoms. The quantitative estimate of drug-likeness (QED) is 0.473. The number of carbonyl (C=O) groups is 2. The molecule has 2 atom stereocenters. The first-order valence-corrected chi connectivity index (χ1v) is 5.31. The van der Waals surface area contributed by atoms with E-state index in [4.69, 9.17) is 10.8 Å². The summed E-state index contributed by atoms with van der Waals surface area (Å²) in [6, 6.07) is -0.501. The minimum atomic E-state index is -1.28. The van der Waals surface area contributed by atoms with E-state index in [0.29, 0.717) is 6.42 Å². The van der Waals surface area contributed by atoms with Crippen molar-refractivity contribution in [2.45, 2.75) is 38.3 Å². The number of aliphatic hydroxyl groups is 1. The molecule has 6 heteroatoms. The van der Waals surface area contributed by atoms with E-state index >= 15 is 0 Å². The molecule has 0 radical (unpaired) electrons. The summed E-state index contributed by atoms with van der Waals surface area (Å²) in [5.41, 5.74) is 4.89. The lowest BCUT2D eigenvalue weighted by Gasteiger charge is -2.17. The maximum Gasteiger partial charge on any atom is 0.322 e. The first-order valence-electron chi connectivity index (χ1n) is 5.31. The number of hydrogen-bond donors (Lipinski definition) is 3. The first kappa shape index (κ1) is 14.9. The Balaban J connectivity index is 4.10. The fourth-order valence-corrected chi connectivity index (χ4v) is 1.21. The molecular formula is C10H20N2O4. The molecule has 1 amide bonds.